The lowest BCUT2D eigenvalue weighted by Crippen LogP contribution is -2.49. The number of amides is 1. The Morgan fingerprint density at radius 3 is 2.86 bits per heavy atom. The summed E-state index contributed by atoms with van der Waals surface area (Å²) in [7, 11) is -3.62. The highest BCUT2D eigenvalue weighted by Gasteiger charge is 2.38. The van der Waals surface area contributed by atoms with E-state index in [-0.39, 0.29) is 10.1 Å². The number of anilines is 1. The van der Waals surface area contributed by atoms with Gasteiger partial charge in [-0.2, -0.15) is 4.31 Å². The van der Waals surface area contributed by atoms with Crippen molar-refractivity contribution in [3.05, 3.63) is 29.1 Å². The number of nitrogens with one attached hydrogen (secondary N) is 1. The van der Waals surface area contributed by atoms with Gasteiger partial charge in [0.1, 0.15) is 10.3 Å². The number of hydrogen-bond acceptors (Lipinski definition) is 6. The summed E-state index contributed by atoms with van der Waals surface area (Å²) in [6.45, 7) is 0.371. The van der Waals surface area contributed by atoms with Crippen molar-refractivity contribution in [3.63, 3.8) is 0 Å². The van der Waals surface area contributed by atoms with Gasteiger partial charge in [0.2, 0.25) is 5.91 Å². The summed E-state index contributed by atoms with van der Waals surface area (Å²) in [5, 5.41) is 6.68. The first-order valence-corrected chi connectivity index (χ1v) is 10.0. The Kier molecular flexibility index (Phi) is 4.57. The number of thiazole rings is 1. The summed E-state index contributed by atoms with van der Waals surface area (Å²) in [4.78, 5) is 16.5. The van der Waals surface area contributed by atoms with Gasteiger partial charge in [0.05, 0.1) is 0 Å². The molecule has 2 aromatic rings. The number of piperidine rings is 1. The number of hydrogen-bond donors (Lipinski definition) is 1. The molecule has 1 saturated heterocycles. The minimum atomic E-state index is -3.62. The standard InChI is InChI=1S/C13H15N3O3S3/c17-12(15-13-14-6-9-21-13)10-4-1-2-7-16(10)22(18,19)11-5-3-8-20-11/h3,5-6,8-10H,1-2,4,7H2,(H,14,15,17). The van der Waals surface area contributed by atoms with Crippen molar-refractivity contribution in [2.24, 2.45) is 0 Å². The fourth-order valence-electron chi connectivity index (χ4n) is 2.45. The third kappa shape index (κ3) is 3.07. The number of thiophene rings is 1. The van der Waals surface area contributed by atoms with Gasteiger partial charge >= 0.3 is 0 Å². The average Bonchev–Trinajstić information content (AvgIpc) is 3.20. The number of nitrogens with zero attached hydrogens (tertiary/aromatic N) is 2. The largest absolute Gasteiger partial charge is 0.301 e. The molecule has 9 heteroatoms. The Hall–Kier alpha value is -1.29. The zero-order chi connectivity index (χ0) is 15.6. The van der Waals surface area contributed by atoms with Crippen LogP contribution in [-0.2, 0) is 14.8 Å². The molecule has 3 heterocycles. The predicted octanol–water partition coefficient (Wildman–Crippen LogP) is 2.39. The highest BCUT2D eigenvalue weighted by Crippen LogP contribution is 2.28. The topological polar surface area (TPSA) is 79.4 Å². The van der Waals surface area contributed by atoms with Crippen molar-refractivity contribution in [2.75, 3.05) is 11.9 Å². The van der Waals surface area contributed by atoms with Crippen LogP contribution in [0.4, 0.5) is 5.13 Å². The Morgan fingerprint density at radius 1 is 1.32 bits per heavy atom. The minimum Gasteiger partial charge on any atom is -0.301 e. The molecular formula is C13H15N3O3S3. The molecule has 118 valence electrons. The number of sulfonamides is 1. The van der Waals surface area contributed by atoms with E-state index in [0.29, 0.717) is 18.1 Å². The van der Waals surface area contributed by atoms with Gasteiger partial charge in [0, 0.05) is 18.1 Å². The molecule has 1 fully saturated rings. The Labute approximate surface area is 136 Å². The second kappa shape index (κ2) is 6.45. The van der Waals surface area contributed by atoms with Crippen molar-refractivity contribution in [3.8, 4) is 0 Å². The number of rotatable bonds is 4. The number of aromatic nitrogens is 1. The molecule has 1 atom stereocenters. The molecule has 0 radical (unpaired) electrons. The highest BCUT2D eigenvalue weighted by molar-refractivity contribution is 7.91. The van der Waals surface area contributed by atoms with E-state index in [1.807, 2.05) is 0 Å². The maximum atomic E-state index is 12.7. The van der Waals surface area contributed by atoms with Crippen LogP contribution in [0.2, 0.25) is 0 Å². The lowest BCUT2D eigenvalue weighted by atomic mass is 10.0. The molecule has 1 unspecified atom stereocenters. The predicted molar refractivity (Wildman–Crippen MR) is 86.6 cm³/mol. The van der Waals surface area contributed by atoms with Crippen LogP contribution >= 0.6 is 22.7 Å². The summed E-state index contributed by atoms with van der Waals surface area (Å²) in [5.41, 5.74) is 0. The molecule has 0 bridgehead atoms. The maximum absolute atomic E-state index is 12.7. The van der Waals surface area contributed by atoms with Crippen LogP contribution in [0.15, 0.2) is 33.3 Å². The molecule has 0 spiro atoms. The summed E-state index contributed by atoms with van der Waals surface area (Å²) in [6, 6.07) is 2.60. The van der Waals surface area contributed by atoms with Crippen molar-refractivity contribution in [1.29, 1.82) is 0 Å². The van der Waals surface area contributed by atoms with E-state index in [9.17, 15) is 13.2 Å². The van der Waals surface area contributed by atoms with Gasteiger partial charge in [-0.05, 0) is 24.3 Å². The van der Waals surface area contributed by atoms with Crippen molar-refractivity contribution in [2.45, 2.75) is 29.5 Å². The molecule has 2 aromatic heterocycles. The molecule has 0 saturated carbocycles. The summed E-state index contributed by atoms with van der Waals surface area (Å²) >= 11 is 2.48. The van der Waals surface area contributed by atoms with Crippen LogP contribution in [0.25, 0.3) is 0 Å². The molecule has 0 aliphatic carbocycles. The first-order chi connectivity index (χ1) is 10.6. The Bertz CT molecular complexity index is 726. The summed E-state index contributed by atoms with van der Waals surface area (Å²) in [5.74, 6) is -0.310. The fraction of sp³-hybridized carbons (Fsp3) is 0.385. The van der Waals surface area contributed by atoms with Gasteiger partial charge in [0.15, 0.2) is 5.13 Å². The van der Waals surface area contributed by atoms with Gasteiger partial charge < -0.3 is 5.32 Å². The molecule has 1 amide bonds. The van der Waals surface area contributed by atoms with Crippen LogP contribution in [0.1, 0.15) is 19.3 Å². The number of carbonyl (C=O) groups is 1. The summed E-state index contributed by atoms with van der Waals surface area (Å²) < 4.78 is 27.0. The Morgan fingerprint density at radius 2 is 2.18 bits per heavy atom. The molecule has 0 aromatic carbocycles. The van der Waals surface area contributed by atoms with E-state index in [0.717, 1.165) is 12.8 Å². The van der Waals surface area contributed by atoms with E-state index in [2.05, 4.69) is 10.3 Å². The second-order valence-electron chi connectivity index (χ2n) is 4.89. The lowest BCUT2D eigenvalue weighted by Gasteiger charge is -2.32. The average molecular weight is 357 g/mol. The maximum Gasteiger partial charge on any atom is 0.253 e. The first-order valence-electron chi connectivity index (χ1n) is 6.85. The van der Waals surface area contributed by atoms with Gasteiger partial charge in [-0.25, -0.2) is 13.4 Å². The molecule has 6 nitrogen and oxygen atoms in total. The third-order valence-electron chi connectivity index (χ3n) is 3.48. The van der Waals surface area contributed by atoms with Gasteiger partial charge in [-0.3, -0.25) is 4.79 Å². The lowest BCUT2D eigenvalue weighted by molar-refractivity contribution is -0.120. The van der Waals surface area contributed by atoms with Gasteiger partial charge in [-0.15, -0.1) is 22.7 Å². The van der Waals surface area contributed by atoms with E-state index in [1.165, 1.54) is 27.0 Å². The molecular weight excluding hydrogens is 342 g/mol. The second-order valence-corrected chi connectivity index (χ2v) is 8.85. The van der Waals surface area contributed by atoms with Crippen LogP contribution < -0.4 is 5.32 Å². The normalized spacial score (nSPS) is 19.9. The Balaban J connectivity index is 1.84. The zero-order valence-electron chi connectivity index (χ0n) is 11.6. The van der Waals surface area contributed by atoms with Crippen LogP contribution in [0.3, 0.4) is 0 Å². The van der Waals surface area contributed by atoms with E-state index in [1.54, 1.807) is 29.1 Å². The van der Waals surface area contributed by atoms with Crippen LogP contribution in [-0.4, -0.2) is 36.2 Å². The van der Waals surface area contributed by atoms with Gasteiger partial charge in [0.25, 0.3) is 10.0 Å². The van der Waals surface area contributed by atoms with Crippen LogP contribution in [0, 0.1) is 0 Å². The quantitative estimate of drug-likeness (QED) is 0.911. The van der Waals surface area contributed by atoms with Crippen molar-refractivity contribution >= 4 is 43.7 Å². The summed E-state index contributed by atoms with van der Waals surface area (Å²) in [6.07, 6.45) is 3.74. The smallest absolute Gasteiger partial charge is 0.253 e. The SMILES string of the molecule is O=C(Nc1nccs1)C1CCCCN1S(=O)(=O)c1cccs1. The zero-order valence-corrected chi connectivity index (χ0v) is 14.1. The van der Waals surface area contributed by atoms with Crippen LogP contribution in [0.5, 0.6) is 0 Å². The fourth-order valence-corrected chi connectivity index (χ4v) is 5.76. The highest BCUT2D eigenvalue weighted by atomic mass is 32.2. The van der Waals surface area contributed by atoms with E-state index < -0.39 is 16.1 Å². The molecule has 22 heavy (non-hydrogen) atoms. The van der Waals surface area contributed by atoms with Crippen molar-refractivity contribution < 1.29 is 13.2 Å². The number of carbonyl (C=O) groups excluding carboxylic acids is 1. The monoisotopic (exact) mass is 357 g/mol. The first kappa shape index (κ1) is 15.6. The van der Waals surface area contributed by atoms with Crippen molar-refractivity contribution in [1.82, 2.24) is 9.29 Å². The van der Waals surface area contributed by atoms with E-state index in [4.69, 9.17) is 0 Å². The molecule has 1 aliphatic heterocycles. The minimum absolute atomic E-state index is 0.279. The molecule has 1 aliphatic rings. The van der Waals surface area contributed by atoms with Gasteiger partial charge in [-0.1, -0.05) is 12.5 Å². The third-order valence-corrected chi connectivity index (χ3v) is 7.45. The molecule has 1 N–H and O–H groups in total. The molecule has 3 rings (SSSR count). The van der Waals surface area contributed by atoms with E-state index >= 15 is 0 Å².